The van der Waals surface area contributed by atoms with Crippen LogP contribution in [0.5, 0.6) is 0 Å². The molecule has 1 rings (SSSR count). The summed E-state index contributed by atoms with van der Waals surface area (Å²) in [5.74, 6) is -1.22. The molecule has 0 aliphatic heterocycles. The van der Waals surface area contributed by atoms with Crippen molar-refractivity contribution in [3.05, 3.63) is 29.3 Å². The highest BCUT2D eigenvalue weighted by molar-refractivity contribution is 14.0. The largest absolute Gasteiger partial charge is 0.416 e. The number of nitrogens with two attached hydrogens (primary N) is 3. The van der Waals surface area contributed by atoms with Gasteiger partial charge >= 0.3 is 12.4 Å². The number of alkyl halides is 6. The second kappa shape index (κ2) is 7.02. The van der Waals surface area contributed by atoms with Gasteiger partial charge in [0, 0.05) is 0 Å². The van der Waals surface area contributed by atoms with Crippen LogP contribution in [0.15, 0.2) is 28.2 Å². The van der Waals surface area contributed by atoms with Crippen LogP contribution < -0.4 is 17.2 Å². The van der Waals surface area contributed by atoms with Crippen molar-refractivity contribution in [3.8, 4) is 0 Å². The van der Waals surface area contributed by atoms with Gasteiger partial charge in [0.15, 0.2) is 5.96 Å². The van der Waals surface area contributed by atoms with Crippen molar-refractivity contribution < 1.29 is 26.3 Å². The number of nitrogens with zero attached hydrogens (tertiary/aromatic N) is 2. The monoisotopic (exact) mass is 441 g/mol. The molecular weight excluding hydrogens is 431 g/mol. The van der Waals surface area contributed by atoms with Crippen molar-refractivity contribution in [3.63, 3.8) is 0 Å². The molecule has 0 spiro atoms. The maximum Gasteiger partial charge on any atom is 0.416 e. The Hall–Kier alpha value is -1.73. The van der Waals surface area contributed by atoms with Crippen LogP contribution in [-0.4, -0.2) is 11.9 Å². The van der Waals surface area contributed by atoms with Crippen molar-refractivity contribution >= 4 is 41.6 Å². The molecule has 0 unspecified atom stereocenters. The number of benzene rings is 1. The van der Waals surface area contributed by atoms with Crippen LogP contribution >= 0.6 is 24.0 Å². The van der Waals surface area contributed by atoms with Gasteiger partial charge in [0.05, 0.1) is 16.8 Å². The molecule has 1 aromatic carbocycles. The Bertz CT molecular complexity index is 556. The average Bonchev–Trinajstić information content (AvgIpc) is 2.24. The summed E-state index contributed by atoms with van der Waals surface area (Å²) in [4.78, 5) is 6.49. The Morgan fingerprint density at radius 1 is 0.818 bits per heavy atom. The zero-order chi connectivity index (χ0) is 16.4. The minimum atomic E-state index is -4.98. The molecule has 0 saturated heterocycles. The maximum absolute atomic E-state index is 12.6. The van der Waals surface area contributed by atoms with E-state index in [4.69, 9.17) is 17.2 Å². The van der Waals surface area contributed by atoms with Gasteiger partial charge in [-0.05, 0) is 18.2 Å². The van der Waals surface area contributed by atoms with E-state index < -0.39 is 41.1 Å². The number of hydrogen-bond acceptors (Lipinski definition) is 1. The standard InChI is InChI=1S/C10H9F6N5.HI/c11-9(12,13)4-1-5(10(14,15)16)3-6(2-4)20-8(19)21-7(17)18;/h1-3H,(H6,17,18,19,20,21);1H. The lowest BCUT2D eigenvalue weighted by Crippen LogP contribution is -2.26. The second-order valence-electron chi connectivity index (χ2n) is 3.77. The van der Waals surface area contributed by atoms with E-state index >= 15 is 0 Å². The van der Waals surface area contributed by atoms with Crippen molar-refractivity contribution in [1.29, 1.82) is 0 Å². The van der Waals surface area contributed by atoms with Gasteiger partial charge in [-0.15, -0.1) is 24.0 Å². The summed E-state index contributed by atoms with van der Waals surface area (Å²) >= 11 is 0. The van der Waals surface area contributed by atoms with Crippen LogP contribution in [0.1, 0.15) is 11.1 Å². The Labute approximate surface area is 137 Å². The number of halogens is 7. The molecule has 0 amide bonds. The fourth-order valence-electron chi connectivity index (χ4n) is 1.29. The number of guanidine groups is 2. The molecule has 1 aromatic rings. The molecule has 22 heavy (non-hydrogen) atoms. The summed E-state index contributed by atoms with van der Waals surface area (Å²) in [6, 6.07) is 0.754. The lowest BCUT2D eigenvalue weighted by Gasteiger charge is -2.12. The highest BCUT2D eigenvalue weighted by Gasteiger charge is 2.36. The van der Waals surface area contributed by atoms with Gasteiger partial charge in [0.1, 0.15) is 0 Å². The average molecular weight is 441 g/mol. The topological polar surface area (TPSA) is 103 Å². The van der Waals surface area contributed by atoms with Gasteiger partial charge in [0.2, 0.25) is 5.96 Å². The molecule has 6 N–H and O–H groups in total. The molecule has 0 aliphatic carbocycles. The molecule has 0 heterocycles. The summed E-state index contributed by atoms with van der Waals surface area (Å²) in [6.07, 6.45) is -9.95. The van der Waals surface area contributed by atoms with Crippen molar-refractivity contribution in [2.45, 2.75) is 12.4 Å². The zero-order valence-electron chi connectivity index (χ0n) is 10.5. The molecule has 124 valence electrons. The predicted octanol–water partition coefficient (Wildman–Crippen LogP) is 2.56. The van der Waals surface area contributed by atoms with Gasteiger partial charge in [0.25, 0.3) is 0 Å². The van der Waals surface area contributed by atoms with E-state index in [2.05, 4.69) is 9.98 Å². The first kappa shape index (κ1) is 20.3. The molecule has 5 nitrogen and oxygen atoms in total. The number of rotatable bonds is 1. The third kappa shape index (κ3) is 5.95. The smallest absolute Gasteiger partial charge is 0.370 e. The highest BCUT2D eigenvalue weighted by Crippen LogP contribution is 2.38. The third-order valence-corrected chi connectivity index (χ3v) is 2.06. The lowest BCUT2D eigenvalue weighted by molar-refractivity contribution is -0.143. The molecule has 0 atom stereocenters. The van der Waals surface area contributed by atoms with Crippen LogP contribution in [0, 0.1) is 0 Å². The molecule has 0 aliphatic rings. The van der Waals surface area contributed by atoms with Crippen molar-refractivity contribution in [2.24, 2.45) is 27.2 Å². The first-order chi connectivity index (χ1) is 9.39. The normalized spacial score (nSPS) is 12.5. The molecule has 0 radical (unpaired) electrons. The number of aliphatic imine (C=N–C) groups is 2. The third-order valence-electron chi connectivity index (χ3n) is 2.06. The fraction of sp³-hybridized carbons (Fsp3) is 0.200. The minimum absolute atomic E-state index is 0. The molecular formula is C10H10F6IN5. The first-order valence-corrected chi connectivity index (χ1v) is 5.13. The van der Waals surface area contributed by atoms with Crippen LogP contribution in [0.25, 0.3) is 0 Å². The Morgan fingerprint density at radius 2 is 1.23 bits per heavy atom. The first-order valence-electron chi connectivity index (χ1n) is 5.13. The summed E-state index contributed by atoms with van der Waals surface area (Å²) in [7, 11) is 0. The summed E-state index contributed by atoms with van der Waals surface area (Å²) < 4.78 is 75.4. The summed E-state index contributed by atoms with van der Waals surface area (Å²) in [5.41, 5.74) is 11.3. The van der Waals surface area contributed by atoms with E-state index in [1.54, 1.807) is 0 Å². The predicted molar refractivity (Wildman–Crippen MR) is 79.0 cm³/mol. The lowest BCUT2D eigenvalue weighted by atomic mass is 10.1. The van der Waals surface area contributed by atoms with Gasteiger partial charge < -0.3 is 17.2 Å². The highest BCUT2D eigenvalue weighted by atomic mass is 127. The van der Waals surface area contributed by atoms with E-state index in [-0.39, 0.29) is 30.0 Å². The second-order valence-corrected chi connectivity index (χ2v) is 3.77. The Balaban J connectivity index is 0.00000441. The van der Waals surface area contributed by atoms with E-state index in [9.17, 15) is 26.3 Å². The van der Waals surface area contributed by atoms with Crippen molar-refractivity contribution in [1.82, 2.24) is 0 Å². The fourth-order valence-corrected chi connectivity index (χ4v) is 1.29. The van der Waals surface area contributed by atoms with E-state index in [1.165, 1.54) is 0 Å². The van der Waals surface area contributed by atoms with E-state index in [1.807, 2.05) is 0 Å². The molecule has 0 saturated carbocycles. The van der Waals surface area contributed by atoms with Crippen LogP contribution in [0.3, 0.4) is 0 Å². The van der Waals surface area contributed by atoms with Gasteiger partial charge in [-0.25, -0.2) is 4.99 Å². The molecule has 0 fully saturated rings. The maximum atomic E-state index is 12.6. The van der Waals surface area contributed by atoms with Crippen LogP contribution in [-0.2, 0) is 12.4 Å². The van der Waals surface area contributed by atoms with Crippen LogP contribution in [0.4, 0.5) is 32.0 Å². The van der Waals surface area contributed by atoms with Gasteiger partial charge in [-0.2, -0.15) is 31.3 Å². The van der Waals surface area contributed by atoms with Crippen molar-refractivity contribution in [2.75, 3.05) is 0 Å². The Kier molecular flexibility index (Phi) is 6.47. The molecule has 0 bridgehead atoms. The summed E-state index contributed by atoms with van der Waals surface area (Å²) in [6.45, 7) is 0. The molecule has 0 aromatic heterocycles. The minimum Gasteiger partial charge on any atom is -0.370 e. The van der Waals surface area contributed by atoms with Crippen LogP contribution in [0.2, 0.25) is 0 Å². The number of hydrogen-bond donors (Lipinski definition) is 3. The van der Waals surface area contributed by atoms with Gasteiger partial charge in [-0.3, -0.25) is 0 Å². The Morgan fingerprint density at radius 3 is 1.55 bits per heavy atom. The summed E-state index contributed by atoms with van der Waals surface area (Å²) in [5, 5.41) is 0. The SMILES string of the molecule is I.NC(N)=NC(N)=Nc1cc(C(F)(F)F)cc(C(F)(F)F)c1. The quantitative estimate of drug-likeness (QED) is 0.270. The van der Waals surface area contributed by atoms with E-state index in [0.29, 0.717) is 12.1 Å². The van der Waals surface area contributed by atoms with Gasteiger partial charge in [-0.1, -0.05) is 0 Å². The molecule has 12 heteroatoms. The zero-order valence-corrected chi connectivity index (χ0v) is 12.9. The van der Waals surface area contributed by atoms with E-state index in [0.717, 1.165) is 0 Å².